The van der Waals surface area contributed by atoms with E-state index in [1.807, 2.05) is 6.07 Å². The number of fused-ring (bicyclic) bond motifs is 1. The van der Waals surface area contributed by atoms with E-state index in [-0.39, 0.29) is 5.54 Å². The van der Waals surface area contributed by atoms with Gasteiger partial charge in [0.15, 0.2) is 0 Å². The van der Waals surface area contributed by atoms with Gasteiger partial charge < -0.3 is 16.1 Å². The Morgan fingerprint density at radius 1 is 0.926 bits per heavy atom. The second-order valence-corrected chi connectivity index (χ2v) is 7.43. The number of unbranched alkanes of at least 4 members (excludes halogenated alkanes) is 1. The van der Waals surface area contributed by atoms with E-state index in [1.54, 1.807) is 0 Å². The van der Waals surface area contributed by atoms with Crippen molar-refractivity contribution in [3.05, 3.63) is 60.2 Å². The highest BCUT2D eigenvalue weighted by molar-refractivity contribution is 6.00. The first-order chi connectivity index (χ1) is 13.4. The summed E-state index contributed by atoms with van der Waals surface area (Å²) in [6.45, 7) is 2.95. The summed E-state index contributed by atoms with van der Waals surface area (Å²) in [5.74, 6) is 1.02. The molecule has 4 N–H and O–H groups in total. The minimum atomic E-state index is -0.101. The molecule has 1 spiro atoms. The van der Waals surface area contributed by atoms with Crippen LogP contribution in [0.1, 0.15) is 31.2 Å². The van der Waals surface area contributed by atoms with E-state index in [0.29, 0.717) is 0 Å². The van der Waals surface area contributed by atoms with E-state index >= 15 is 0 Å². The van der Waals surface area contributed by atoms with E-state index < -0.39 is 0 Å². The zero-order chi connectivity index (χ0) is 18.4. The number of amidine groups is 1. The summed E-state index contributed by atoms with van der Waals surface area (Å²) in [7, 11) is 0. The fourth-order valence-electron chi connectivity index (χ4n) is 3.92. The number of nitrogens with zero attached hydrogens (tertiary/aromatic N) is 1. The van der Waals surface area contributed by atoms with E-state index in [0.717, 1.165) is 62.5 Å². The van der Waals surface area contributed by atoms with Crippen LogP contribution in [0.2, 0.25) is 0 Å². The maximum atomic E-state index is 4.94. The highest BCUT2D eigenvalue weighted by atomic mass is 15.4. The molecule has 5 nitrogen and oxygen atoms in total. The molecule has 142 valence electrons. The lowest BCUT2D eigenvalue weighted by Crippen LogP contribution is -2.61. The van der Waals surface area contributed by atoms with Crippen molar-refractivity contribution in [2.45, 2.75) is 37.6 Å². The van der Waals surface area contributed by atoms with Crippen LogP contribution < -0.4 is 21.5 Å². The summed E-state index contributed by atoms with van der Waals surface area (Å²) in [6.07, 6.45) is 5.51. The molecule has 2 aromatic rings. The Balaban J connectivity index is 1.32. The normalized spacial score (nSPS) is 17.7. The predicted molar refractivity (Wildman–Crippen MR) is 113 cm³/mol. The van der Waals surface area contributed by atoms with Gasteiger partial charge in [-0.15, -0.1) is 0 Å². The van der Waals surface area contributed by atoms with Crippen molar-refractivity contribution in [2.75, 3.05) is 25.0 Å². The number of hydrogen-bond donors (Lipinski definition) is 4. The topological polar surface area (TPSA) is 60.5 Å². The summed E-state index contributed by atoms with van der Waals surface area (Å²) >= 11 is 0. The molecule has 0 unspecified atom stereocenters. The van der Waals surface area contributed by atoms with Gasteiger partial charge in [0.05, 0.1) is 16.9 Å². The number of aryl methyl sites for hydroxylation is 1. The Kier molecular flexibility index (Phi) is 5.70. The molecular formula is C22H29N5. The second-order valence-electron chi connectivity index (χ2n) is 7.43. The molecule has 0 aromatic heterocycles. The van der Waals surface area contributed by atoms with Gasteiger partial charge in [-0.05, 0) is 62.9 Å². The molecule has 0 saturated carbocycles. The molecule has 5 heteroatoms. The van der Waals surface area contributed by atoms with Gasteiger partial charge in [-0.1, -0.05) is 42.5 Å². The monoisotopic (exact) mass is 363 g/mol. The van der Waals surface area contributed by atoms with Crippen molar-refractivity contribution in [2.24, 2.45) is 4.99 Å². The standard InChI is InChI=1S/C22H29N5/c1-2-8-18(9-3-1)10-6-7-15-24-27-21-22(13-16-23-17-14-22)26-20-12-5-4-11-19(20)25-21/h1-5,8-9,11-12,23-24,26H,6-7,10,13-17H2,(H,25,27). The van der Waals surface area contributed by atoms with E-state index in [1.165, 1.54) is 12.0 Å². The highest BCUT2D eigenvalue weighted by Gasteiger charge is 2.40. The SMILES string of the molecule is c1ccc(CCCCNNC2=Nc3ccccc3NC23CCNCC3)cc1. The van der Waals surface area contributed by atoms with Crippen LogP contribution in [0.5, 0.6) is 0 Å². The first-order valence-electron chi connectivity index (χ1n) is 10.1. The van der Waals surface area contributed by atoms with Gasteiger partial charge in [0.2, 0.25) is 0 Å². The van der Waals surface area contributed by atoms with E-state index in [2.05, 4.69) is 70.0 Å². The quantitative estimate of drug-likeness (QED) is 0.469. The lowest BCUT2D eigenvalue weighted by atomic mass is 9.85. The molecule has 0 atom stereocenters. The summed E-state index contributed by atoms with van der Waals surface area (Å²) in [5, 5.41) is 7.22. The maximum absolute atomic E-state index is 4.94. The summed E-state index contributed by atoms with van der Waals surface area (Å²) in [6, 6.07) is 19.0. The maximum Gasteiger partial charge on any atom is 0.142 e. The molecule has 2 aliphatic rings. The second kappa shape index (κ2) is 8.55. The van der Waals surface area contributed by atoms with E-state index in [9.17, 15) is 0 Å². The van der Waals surface area contributed by atoms with Gasteiger partial charge in [-0.25, -0.2) is 10.4 Å². The average Bonchev–Trinajstić information content (AvgIpc) is 2.72. The number of piperidine rings is 1. The number of rotatable bonds is 6. The van der Waals surface area contributed by atoms with Gasteiger partial charge in [0.1, 0.15) is 5.84 Å². The number of aliphatic imine (C=N–C) groups is 1. The lowest BCUT2D eigenvalue weighted by molar-refractivity contribution is 0.406. The first-order valence-corrected chi connectivity index (χ1v) is 10.1. The van der Waals surface area contributed by atoms with E-state index in [4.69, 9.17) is 4.99 Å². The van der Waals surface area contributed by atoms with Crippen molar-refractivity contribution in [1.82, 2.24) is 16.2 Å². The van der Waals surface area contributed by atoms with Crippen LogP contribution >= 0.6 is 0 Å². The Morgan fingerprint density at radius 2 is 1.70 bits per heavy atom. The zero-order valence-electron chi connectivity index (χ0n) is 15.8. The van der Waals surface area contributed by atoms with Crippen molar-refractivity contribution in [3.63, 3.8) is 0 Å². The molecule has 1 saturated heterocycles. The van der Waals surface area contributed by atoms with Crippen LogP contribution in [0, 0.1) is 0 Å². The Hall–Kier alpha value is -2.37. The smallest absolute Gasteiger partial charge is 0.142 e. The number of para-hydroxylation sites is 2. The summed E-state index contributed by atoms with van der Waals surface area (Å²) in [5.41, 5.74) is 10.3. The van der Waals surface area contributed by atoms with Crippen LogP contribution in [0.15, 0.2) is 59.6 Å². The van der Waals surface area contributed by atoms with Crippen LogP contribution in [0.25, 0.3) is 0 Å². The molecular weight excluding hydrogens is 334 g/mol. The Labute approximate surface area is 161 Å². The lowest BCUT2D eigenvalue weighted by Gasteiger charge is -2.42. The number of hydrogen-bond acceptors (Lipinski definition) is 5. The third kappa shape index (κ3) is 4.31. The molecule has 0 amide bonds. The number of nitrogens with one attached hydrogen (secondary N) is 4. The van der Waals surface area contributed by atoms with Gasteiger partial charge in [-0.3, -0.25) is 0 Å². The molecule has 2 aliphatic heterocycles. The van der Waals surface area contributed by atoms with Crippen LogP contribution in [0.3, 0.4) is 0 Å². The summed E-state index contributed by atoms with van der Waals surface area (Å²) < 4.78 is 0. The molecule has 2 aromatic carbocycles. The van der Waals surface area contributed by atoms with Crippen molar-refractivity contribution < 1.29 is 0 Å². The fraction of sp³-hybridized carbons (Fsp3) is 0.409. The third-order valence-electron chi connectivity index (χ3n) is 5.49. The van der Waals surface area contributed by atoms with Gasteiger partial charge in [0, 0.05) is 6.54 Å². The van der Waals surface area contributed by atoms with Crippen molar-refractivity contribution in [1.29, 1.82) is 0 Å². The van der Waals surface area contributed by atoms with Gasteiger partial charge in [0.25, 0.3) is 0 Å². The van der Waals surface area contributed by atoms with Gasteiger partial charge in [-0.2, -0.15) is 0 Å². The average molecular weight is 364 g/mol. The fourth-order valence-corrected chi connectivity index (χ4v) is 3.92. The first kappa shape index (κ1) is 18.0. The molecule has 1 fully saturated rings. The molecule has 4 rings (SSSR count). The largest absolute Gasteiger partial charge is 0.371 e. The number of anilines is 1. The highest BCUT2D eigenvalue weighted by Crippen LogP contribution is 2.36. The molecule has 2 heterocycles. The zero-order valence-corrected chi connectivity index (χ0v) is 15.8. The van der Waals surface area contributed by atoms with Crippen molar-refractivity contribution in [3.8, 4) is 0 Å². The molecule has 27 heavy (non-hydrogen) atoms. The van der Waals surface area contributed by atoms with Crippen LogP contribution in [-0.2, 0) is 6.42 Å². The van der Waals surface area contributed by atoms with Gasteiger partial charge >= 0.3 is 0 Å². The number of benzene rings is 2. The molecule has 0 aliphatic carbocycles. The number of hydrazine groups is 1. The van der Waals surface area contributed by atoms with Crippen LogP contribution in [0.4, 0.5) is 11.4 Å². The van der Waals surface area contributed by atoms with Crippen molar-refractivity contribution >= 4 is 17.2 Å². The summed E-state index contributed by atoms with van der Waals surface area (Å²) in [4.78, 5) is 4.94. The van der Waals surface area contributed by atoms with Crippen LogP contribution in [-0.4, -0.2) is 31.0 Å². The predicted octanol–water partition coefficient (Wildman–Crippen LogP) is 3.38. The molecule has 0 bridgehead atoms. The third-order valence-corrected chi connectivity index (χ3v) is 5.49. The minimum absolute atomic E-state index is 0.101. The molecule has 0 radical (unpaired) electrons. The minimum Gasteiger partial charge on any atom is -0.371 e. The Morgan fingerprint density at radius 3 is 2.56 bits per heavy atom. The Bertz CT molecular complexity index is 765.